The van der Waals surface area contributed by atoms with Crippen molar-refractivity contribution in [2.75, 3.05) is 0 Å². The molecule has 0 aliphatic heterocycles. The Bertz CT molecular complexity index is 318. The lowest BCUT2D eigenvalue weighted by Crippen LogP contribution is -2.16. The normalized spacial score (nSPS) is 28.2. The first-order chi connectivity index (χ1) is 7.22. The summed E-state index contributed by atoms with van der Waals surface area (Å²) < 4.78 is 2.30. The second-order valence-corrected chi connectivity index (χ2v) is 4.81. The van der Waals surface area contributed by atoms with Gasteiger partial charge in [0.2, 0.25) is 0 Å². The van der Waals surface area contributed by atoms with Gasteiger partial charge in [-0.2, -0.15) is 0 Å². The van der Waals surface area contributed by atoms with Crippen LogP contribution in [0.3, 0.4) is 0 Å². The molecule has 84 valence electrons. The van der Waals surface area contributed by atoms with Gasteiger partial charge in [-0.05, 0) is 31.6 Å². The lowest BCUT2D eigenvalue weighted by atomic mass is 10.1. The van der Waals surface area contributed by atoms with Gasteiger partial charge >= 0.3 is 0 Å². The minimum absolute atomic E-state index is 0.142. The molecular weight excluding hydrogens is 186 g/mol. The summed E-state index contributed by atoms with van der Waals surface area (Å²) in [6.45, 7) is 4.45. The number of imidazole rings is 1. The van der Waals surface area contributed by atoms with Crippen LogP contribution in [0.25, 0.3) is 0 Å². The lowest BCUT2D eigenvalue weighted by Gasteiger charge is -2.18. The van der Waals surface area contributed by atoms with Crippen LogP contribution in [-0.4, -0.2) is 9.55 Å². The molecule has 1 fully saturated rings. The van der Waals surface area contributed by atoms with Crippen LogP contribution in [0.15, 0.2) is 12.5 Å². The highest BCUT2D eigenvalue weighted by molar-refractivity contribution is 5.06. The van der Waals surface area contributed by atoms with Crippen LogP contribution in [0, 0.1) is 5.92 Å². The van der Waals surface area contributed by atoms with Crippen LogP contribution < -0.4 is 5.73 Å². The maximum Gasteiger partial charge on any atom is 0.0951 e. The van der Waals surface area contributed by atoms with Crippen molar-refractivity contribution >= 4 is 0 Å². The quantitative estimate of drug-likeness (QED) is 0.828. The molecular formula is C12H21N3. The fourth-order valence-electron chi connectivity index (χ4n) is 2.55. The molecule has 1 saturated carbocycles. The monoisotopic (exact) mass is 207 g/mol. The molecule has 0 saturated heterocycles. The maximum absolute atomic E-state index is 6.08. The van der Waals surface area contributed by atoms with E-state index in [-0.39, 0.29) is 6.04 Å². The minimum atomic E-state index is 0.142. The number of hydrogen-bond donors (Lipinski definition) is 1. The van der Waals surface area contributed by atoms with Crippen molar-refractivity contribution < 1.29 is 0 Å². The van der Waals surface area contributed by atoms with Gasteiger partial charge in [-0.25, -0.2) is 4.98 Å². The highest BCUT2D eigenvalue weighted by atomic mass is 15.1. The SMILES string of the molecule is CC[C@@H](N)c1cncn1C1CCC(C)C1. The number of nitrogens with zero attached hydrogens (tertiary/aromatic N) is 2. The van der Waals surface area contributed by atoms with Gasteiger partial charge < -0.3 is 10.3 Å². The van der Waals surface area contributed by atoms with E-state index in [1.54, 1.807) is 0 Å². The second kappa shape index (κ2) is 4.35. The zero-order valence-electron chi connectivity index (χ0n) is 9.69. The zero-order chi connectivity index (χ0) is 10.8. The fourth-order valence-corrected chi connectivity index (χ4v) is 2.55. The van der Waals surface area contributed by atoms with Gasteiger partial charge in [-0.15, -0.1) is 0 Å². The van der Waals surface area contributed by atoms with E-state index in [2.05, 4.69) is 23.4 Å². The van der Waals surface area contributed by atoms with Crippen LogP contribution in [-0.2, 0) is 0 Å². The van der Waals surface area contributed by atoms with E-state index in [1.165, 1.54) is 25.0 Å². The molecule has 2 rings (SSSR count). The van der Waals surface area contributed by atoms with E-state index >= 15 is 0 Å². The number of aromatic nitrogens is 2. The van der Waals surface area contributed by atoms with E-state index < -0.39 is 0 Å². The molecule has 0 radical (unpaired) electrons. The third-order valence-electron chi connectivity index (χ3n) is 3.58. The number of nitrogens with two attached hydrogens (primary N) is 1. The van der Waals surface area contributed by atoms with Crippen molar-refractivity contribution in [2.45, 2.75) is 51.6 Å². The Morgan fingerprint density at radius 3 is 3.00 bits per heavy atom. The Hall–Kier alpha value is -0.830. The molecule has 1 aromatic rings. The standard InChI is InChI=1S/C12H21N3/c1-3-11(13)12-7-14-8-15(12)10-5-4-9(2)6-10/h7-11H,3-6,13H2,1-2H3/t9?,10?,11-/m1/s1. The van der Waals surface area contributed by atoms with Crippen molar-refractivity contribution in [1.82, 2.24) is 9.55 Å². The topological polar surface area (TPSA) is 43.8 Å². The van der Waals surface area contributed by atoms with E-state index in [9.17, 15) is 0 Å². The Balaban J connectivity index is 2.17. The van der Waals surface area contributed by atoms with Crippen LogP contribution in [0.1, 0.15) is 57.3 Å². The molecule has 3 atom stereocenters. The van der Waals surface area contributed by atoms with E-state index in [1.807, 2.05) is 12.5 Å². The number of rotatable bonds is 3. The van der Waals surface area contributed by atoms with Crippen LogP contribution in [0.4, 0.5) is 0 Å². The maximum atomic E-state index is 6.08. The Morgan fingerprint density at radius 2 is 2.40 bits per heavy atom. The first kappa shape index (κ1) is 10.7. The van der Waals surface area contributed by atoms with E-state index in [0.29, 0.717) is 6.04 Å². The molecule has 1 aliphatic carbocycles. The van der Waals surface area contributed by atoms with Crippen molar-refractivity contribution in [1.29, 1.82) is 0 Å². The van der Waals surface area contributed by atoms with Gasteiger partial charge in [-0.3, -0.25) is 0 Å². The molecule has 1 aliphatic rings. The highest BCUT2D eigenvalue weighted by Crippen LogP contribution is 2.35. The van der Waals surface area contributed by atoms with Gasteiger partial charge in [0.1, 0.15) is 0 Å². The number of hydrogen-bond acceptors (Lipinski definition) is 2. The van der Waals surface area contributed by atoms with Crippen molar-refractivity contribution in [3.8, 4) is 0 Å². The molecule has 3 nitrogen and oxygen atoms in total. The summed E-state index contributed by atoms with van der Waals surface area (Å²) in [5.74, 6) is 0.850. The molecule has 2 unspecified atom stereocenters. The molecule has 3 heteroatoms. The summed E-state index contributed by atoms with van der Waals surface area (Å²) in [7, 11) is 0. The third kappa shape index (κ3) is 2.07. The summed E-state index contributed by atoms with van der Waals surface area (Å²) in [4.78, 5) is 4.24. The van der Waals surface area contributed by atoms with Crippen molar-refractivity contribution in [2.24, 2.45) is 11.7 Å². The van der Waals surface area contributed by atoms with Gasteiger partial charge in [0, 0.05) is 18.3 Å². The predicted molar refractivity (Wildman–Crippen MR) is 61.5 cm³/mol. The second-order valence-electron chi connectivity index (χ2n) is 4.81. The third-order valence-corrected chi connectivity index (χ3v) is 3.58. The summed E-state index contributed by atoms with van der Waals surface area (Å²) in [6, 6.07) is 0.776. The Labute approximate surface area is 91.7 Å². The van der Waals surface area contributed by atoms with Crippen LogP contribution in [0.2, 0.25) is 0 Å². The van der Waals surface area contributed by atoms with Gasteiger partial charge in [0.15, 0.2) is 0 Å². The Kier molecular flexibility index (Phi) is 3.10. The zero-order valence-corrected chi connectivity index (χ0v) is 9.69. The minimum Gasteiger partial charge on any atom is -0.330 e. The predicted octanol–water partition coefficient (Wildman–Crippen LogP) is 2.65. The molecule has 0 bridgehead atoms. The average Bonchev–Trinajstić information content (AvgIpc) is 2.84. The molecule has 0 spiro atoms. The smallest absolute Gasteiger partial charge is 0.0951 e. The van der Waals surface area contributed by atoms with E-state index in [4.69, 9.17) is 5.73 Å². The highest BCUT2D eigenvalue weighted by Gasteiger charge is 2.25. The van der Waals surface area contributed by atoms with Crippen molar-refractivity contribution in [3.05, 3.63) is 18.2 Å². The molecule has 0 amide bonds. The van der Waals surface area contributed by atoms with Crippen molar-refractivity contribution in [3.63, 3.8) is 0 Å². The largest absolute Gasteiger partial charge is 0.330 e. The molecule has 15 heavy (non-hydrogen) atoms. The van der Waals surface area contributed by atoms with Gasteiger partial charge in [-0.1, -0.05) is 13.8 Å². The Morgan fingerprint density at radius 1 is 1.60 bits per heavy atom. The molecule has 0 aromatic carbocycles. The lowest BCUT2D eigenvalue weighted by molar-refractivity contribution is 0.463. The van der Waals surface area contributed by atoms with Gasteiger partial charge in [0.25, 0.3) is 0 Å². The van der Waals surface area contributed by atoms with Crippen LogP contribution >= 0.6 is 0 Å². The summed E-state index contributed by atoms with van der Waals surface area (Å²) in [5.41, 5.74) is 7.29. The first-order valence-corrected chi connectivity index (χ1v) is 5.99. The summed E-state index contributed by atoms with van der Waals surface area (Å²) in [6.07, 6.45) is 8.75. The van der Waals surface area contributed by atoms with E-state index in [0.717, 1.165) is 12.3 Å². The van der Waals surface area contributed by atoms with Gasteiger partial charge in [0.05, 0.1) is 12.0 Å². The fraction of sp³-hybridized carbons (Fsp3) is 0.750. The summed E-state index contributed by atoms with van der Waals surface area (Å²) in [5, 5.41) is 0. The van der Waals surface area contributed by atoms with Crippen LogP contribution in [0.5, 0.6) is 0 Å². The molecule has 1 aromatic heterocycles. The molecule has 2 N–H and O–H groups in total. The average molecular weight is 207 g/mol. The molecule has 1 heterocycles. The summed E-state index contributed by atoms with van der Waals surface area (Å²) >= 11 is 0. The first-order valence-electron chi connectivity index (χ1n) is 5.99.